The molecule has 3 aromatic rings. The van der Waals surface area contributed by atoms with Crippen LogP contribution in [0.3, 0.4) is 0 Å². The summed E-state index contributed by atoms with van der Waals surface area (Å²) < 4.78 is 16.4. The lowest BCUT2D eigenvalue weighted by atomic mass is 9.83. The van der Waals surface area contributed by atoms with E-state index in [-0.39, 0.29) is 41.0 Å². The molecule has 3 N–H and O–H groups in total. The Kier molecular flexibility index (Phi) is 7.45. The first-order valence-corrected chi connectivity index (χ1v) is 10.6. The Morgan fingerprint density at radius 1 is 1.19 bits per heavy atom. The fourth-order valence-electron chi connectivity index (χ4n) is 3.42. The third kappa shape index (κ3) is 4.46. The first kappa shape index (κ1) is 23.7. The van der Waals surface area contributed by atoms with Crippen LogP contribution < -0.4 is 16.1 Å². The van der Waals surface area contributed by atoms with Crippen molar-refractivity contribution in [1.29, 1.82) is 0 Å². The number of carbonyl (C=O) groups excluding carboxylic acids is 1. The summed E-state index contributed by atoms with van der Waals surface area (Å²) in [5.41, 5.74) is 6.35. The van der Waals surface area contributed by atoms with Gasteiger partial charge in [0, 0.05) is 16.7 Å². The minimum Gasteiger partial charge on any atom is -0.462 e. The van der Waals surface area contributed by atoms with E-state index in [1.54, 1.807) is 50.2 Å². The Hall–Kier alpha value is -3.00. The van der Waals surface area contributed by atoms with Gasteiger partial charge in [-0.1, -0.05) is 41.4 Å². The van der Waals surface area contributed by atoms with Gasteiger partial charge in [-0.3, -0.25) is 0 Å². The van der Waals surface area contributed by atoms with Crippen molar-refractivity contribution >= 4 is 40.1 Å². The number of carbonyl (C=O) groups is 1. The summed E-state index contributed by atoms with van der Waals surface area (Å²) in [6, 6.07) is 11.7. The van der Waals surface area contributed by atoms with Gasteiger partial charge < -0.3 is 24.7 Å². The molecule has 9 heteroatoms. The molecule has 1 aliphatic rings. The van der Waals surface area contributed by atoms with Gasteiger partial charge in [-0.25, -0.2) is 9.59 Å². The van der Waals surface area contributed by atoms with E-state index < -0.39 is 17.5 Å². The van der Waals surface area contributed by atoms with Crippen LogP contribution in [0, 0.1) is 0 Å². The maximum Gasteiger partial charge on any atom is 0.344 e. The fourth-order valence-corrected chi connectivity index (χ4v) is 3.94. The van der Waals surface area contributed by atoms with Crippen LogP contribution in [-0.2, 0) is 9.53 Å². The number of rotatable bonds is 3. The largest absolute Gasteiger partial charge is 0.462 e. The van der Waals surface area contributed by atoms with Crippen molar-refractivity contribution < 1.29 is 23.8 Å². The molecule has 2 aromatic carbocycles. The van der Waals surface area contributed by atoms with Crippen LogP contribution in [-0.4, -0.2) is 24.3 Å². The summed E-state index contributed by atoms with van der Waals surface area (Å²) in [5.74, 6) is -1.59. The van der Waals surface area contributed by atoms with Gasteiger partial charge in [-0.05, 0) is 43.7 Å². The van der Waals surface area contributed by atoms with E-state index in [9.17, 15) is 9.59 Å². The third-order valence-corrected chi connectivity index (χ3v) is 5.18. The van der Waals surface area contributed by atoms with Gasteiger partial charge in [0.2, 0.25) is 5.88 Å². The van der Waals surface area contributed by atoms with Gasteiger partial charge in [0.15, 0.2) is 5.75 Å². The van der Waals surface area contributed by atoms with E-state index in [4.69, 9.17) is 47.9 Å². The van der Waals surface area contributed by atoms with Gasteiger partial charge >= 0.3 is 11.6 Å². The summed E-state index contributed by atoms with van der Waals surface area (Å²) in [7, 11) is 0. The predicted octanol–water partition coefficient (Wildman–Crippen LogP) is 4.36. The first-order valence-electron chi connectivity index (χ1n) is 9.80. The molecule has 0 radical (unpaired) electrons. The highest BCUT2D eigenvalue weighted by molar-refractivity contribution is 6.35. The highest BCUT2D eigenvalue weighted by Gasteiger charge is 2.40. The highest BCUT2D eigenvalue weighted by atomic mass is 35.5. The Labute approximate surface area is 193 Å². The molecule has 32 heavy (non-hydrogen) atoms. The van der Waals surface area contributed by atoms with Crippen LogP contribution in [0.1, 0.15) is 30.9 Å². The number of para-hydroxylation sites is 1. The molecule has 0 amide bonds. The Morgan fingerprint density at radius 3 is 2.53 bits per heavy atom. The van der Waals surface area contributed by atoms with E-state index in [1.807, 2.05) is 0 Å². The summed E-state index contributed by atoms with van der Waals surface area (Å²) in [4.78, 5) is 25.7. The fraction of sp³-hybridized carbons (Fsp3) is 0.217. The van der Waals surface area contributed by atoms with E-state index >= 15 is 0 Å². The molecular weight excluding hydrogens is 457 g/mol. The van der Waals surface area contributed by atoms with Crippen LogP contribution in [0.4, 0.5) is 0 Å². The van der Waals surface area contributed by atoms with Crippen LogP contribution in [0.25, 0.3) is 11.0 Å². The Bertz CT molecular complexity index is 1250. The van der Waals surface area contributed by atoms with Crippen molar-refractivity contribution in [1.82, 2.24) is 0 Å². The lowest BCUT2D eigenvalue weighted by molar-refractivity contribution is -0.139. The van der Waals surface area contributed by atoms with Crippen molar-refractivity contribution in [3.05, 3.63) is 85.5 Å². The smallest absolute Gasteiger partial charge is 0.344 e. The second kappa shape index (κ2) is 10.1. The molecule has 0 bridgehead atoms. The van der Waals surface area contributed by atoms with Gasteiger partial charge in [0.05, 0.1) is 23.5 Å². The summed E-state index contributed by atoms with van der Waals surface area (Å²) in [6.45, 7) is 3.72. The molecule has 2 heterocycles. The van der Waals surface area contributed by atoms with E-state index in [0.717, 1.165) is 0 Å². The predicted molar refractivity (Wildman–Crippen MR) is 122 cm³/mol. The number of ether oxygens (including phenoxy) is 2. The molecule has 1 unspecified atom stereocenters. The maximum atomic E-state index is 12.9. The first-order chi connectivity index (χ1) is 15.3. The topological polar surface area (TPSA) is 112 Å². The molecule has 4 rings (SSSR count). The lowest BCUT2D eigenvalue weighted by Crippen LogP contribution is -2.31. The summed E-state index contributed by atoms with van der Waals surface area (Å²) >= 11 is 12.4. The minimum absolute atomic E-state index is 0.0221. The molecule has 0 aliphatic carbocycles. The molecule has 0 saturated heterocycles. The van der Waals surface area contributed by atoms with Crippen LogP contribution >= 0.6 is 23.2 Å². The molecule has 0 spiro atoms. The number of aliphatic hydroxyl groups is 1. The van der Waals surface area contributed by atoms with Crippen molar-refractivity contribution in [3.63, 3.8) is 0 Å². The third-order valence-electron chi connectivity index (χ3n) is 4.62. The second-order valence-corrected chi connectivity index (χ2v) is 7.49. The van der Waals surface area contributed by atoms with Crippen molar-refractivity contribution in [2.45, 2.75) is 19.8 Å². The normalized spacial score (nSPS) is 14.8. The number of hydrogen-bond acceptors (Lipinski definition) is 7. The molecular formula is C23H21Cl2NO6. The Morgan fingerprint density at radius 2 is 1.88 bits per heavy atom. The van der Waals surface area contributed by atoms with E-state index in [2.05, 4.69) is 0 Å². The second-order valence-electron chi connectivity index (χ2n) is 6.64. The Balaban J connectivity index is 0.000000913. The summed E-state index contributed by atoms with van der Waals surface area (Å²) in [6.07, 6.45) is 0. The van der Waals surface area contributed by atoms with Crippen molar-refractivity contribution in [2.24, 2.45) is 5.73 Å². The van der Waals surface area contributed by atoms with Crippen LogP contribution in [0.15, 0.2) is 63.1 Å². The van der Waals surface area contributed by atoms with E-state index in [0.29, 0.717) is 21.6 Å². The van der Waals surface area contributed by atoms with Crippen molar-refractivity contribution in [2.75, 3.05) is 13.2 Å². The molecule has 1 atom stereocenters. The molecule has 7 nitrogen and oxygen atoms in total. The maximum absolute atomic E-state index is 12.9. The molecule has 0 fully saturated rings. The zero-order valence-corrected chi connectivity index (χ0v) is 18.9. The van der Waals surface area contributed by atoms with Gasteiger partial charge in [-0.15, -0.1) is 0 Å². The van der Waals surface area contributed by atoms with Crippen LogP contribution in [0.5, 0.6) is 5.75 Å². The number of halogens is 2. The number of fused-ring (bicyclic) bond motifs is 3. The van der Waals surface area contributed by atoms with Crippen molar-refractivity contribution in [3.8, 4) is 5.75 Å². The molecule has 1 aromatic heterocycles. The minimum atomic E-state index is -0.941. The SMILES string of the molecule is CCO.CCOC(=O)C1=C(N)Oc2c(c(=O)oc3ccccc23)C1c1ccc(Cl)cc1Cl. The quantitative estimate of drug-likeness (QED) is 0.425. The van der Waals surface area contributed by atoms with Gasteiger partial charge in [-0.2, -0.15) is 0 Å². The zero-order chi connectivity index (χ0) is 23.4. The van der Waals surface area contributed by atoms with Gasteiger partial charge in [0.25, 0.3) is 0 Å². The molecule has 168 valence electrons. The number of nitrogens with two attached hydrogens (primary N) is 1. The number of benzene rings is 2. The summed E-state index contributed by atoms with van der Waals surface area (Å²) in [5, 5.41) is 8.78. The molecule has 1 aliphatic heterocycles. The number of aliphatic hydroxyl groups excluding tert-OH is 1. The van der Waals surface area contributed by atoms with Crippen LogP contribution in [0.2, 0.25) is 10.0 Å². The highest BCUT2D eigenvalue weighted by Crippen LogP contribution is 2.46. The number of esters is 1. The number of hydrogen-bond donors (Lipinski definition) is 2. The van der Waals surface area contributed by atoms with E-state index in [1.165, 1.54) is 6.07 Å². The lowest BCUT2D eigenvalue weighted by Gasteiger charge is -2.28. The average Bonchev–Trinajstić information content (AvgIpc) is 2.74. The zero-order valence-electron chi connectivity index (χ0n) is 17.4. The molecule has 0 saturated carbocycles. The standard InChI is InChI=1S/C21H15Cl2NO5.C2H6O/c1-2-27-20(25)17-15(11-8-7-10(22)9-13(11)23)16-18(29-19(17)24)12-5-3-4-6-14(12)28-21(16)26;1-2-3/h3-9,15H,2,24H2,1H3;3H,2H2,1H3. The monoisotopic (exact) mass is 477 g/mol. The average molecular weight is 478 g/mol. The van der Waals surface area contributed by atoms with Gasteiger partial charge in [0.1, 0.15) is 11.2 Å².